The average molecular weight is 365 g/mol. The molecule has 27 heavy (non-hydrogen) atoms. The third-order valence-electron chi connectivity index (χ3n) is 5.57. The fourth-order valence-electron chi connectivity index (χ4n) is 3.85. The second-order valence-corrected chi connectivity index (χ2v) is 7.50. The molecule has 1 saturated heterocycles. The van der Waals surface area contributed by atoms with Gasteiger partial charge in [0.15, 0.2) is 0 Å². The Morgan fingerprint density at radius 1 is 1.07 bits per heavy atom. The van der Waals surface area contributed by atoms with E-state index in [2.05, 4.69) is 18.2 Å². The van der Waals surface area contributed by atoms with Gasteiger partial charge in [-0.15, -0.1) is 0 Å². The highest BCUT2D eigenvalue weighted by Gasteiger charge is 2.18. The Labute approximate surface area is 161 Å². The first-order valence-electron chi connectivity index (χ1n) is 9.94. The fraction of sp³-hybridized carbons (Fsp3) is 0.435. The van der Waals surface area contributed by atoms with Crippen LogP contribution in [0, 0.1) is 0 Å². The quantitative estimate of drug-likeness (QED) is 0.792. The van der Waals surface area contributed by atoms with Crippen molar-refractivity contribution in [1.82, 2.24) is 4.90 Å². The van der Waals surface area contributed by atoms with Crippen molar-refractivity contribution in [3.05, 3.63) is 53.6 Å². The molecule has 2 aromatic rings. The van der Waals surface area contributed by atoms with Gasteiger partial charge in [-0.25, -0.2) is 0 Å². The standard InChI is InChI=1S/C23H27NO3/c1-24(13-11-21-4-2-3-14-26-21)23(25)19-8-5-17(6-9-19)20-10-7-18-12-15-27-22(18)16-20/h5-10,16,21H,2-4,11-15H2,1H3. The van der Waals surface area contributed by atoms with Crippen LogP contribution in [0.1, 0.15) is 41.6 Å². The Morgan fingerprint density at radius 2 is 1.89 bits per heavy atom. The molecule has 1 atom stereocenters. The molecule has 0 bridgehead atoms. The zero-order chi connectivity index (χ0) is 18.6. The van der Waals surface area contributed by atoms with Gasteiger partial charge in [-0.3, -0.25) is 4.79 Å². The van der Waals surface area contributed by atoms with Gasteiger partial charge < -0.3 is 14.4 Å². The number of hydrogen-bond acceptors (Lipinski definition) is 3. The molecule has 0 spiro atoms. The van der Waals surface area contributed by atoms with E-state index in [1.807, 2.05) is 31.3 Å². The number of fused-ring (bicyclic) bond motifs is 1. The highest BCUT2D eigenvalue weighted by Crippen LogP contribution is 2.31. The van der Waals surface area contributed by atoms with E-state index in [1.165, 1.54) is 12.0 Å². The number of carbonyl (C=O) groups excluding carboxylic acids is 1. The lowest BCUT2D eigenvalue weighted by Gasteiger charge is -2.25. The summed E-state index contributed by atoms with van der Waals surface area (Å²) in [6, 6.07) is 14.2. The molecule has 1 unspecified atom stereocenters. The van der Waals surface area contributed by atoms with Gasteiger partial charge in [-0.1, -0.05) is 24.3 Å². The van der Waals surface area contributed by atoms with Crippen LogP contribution in [0.5, 0.6) is 5.75 Å². The van der Waals surface area contributed by atoms with Crippen LogP contribution in [-0.2, 0) is 11.2 Å². The molecule has 0 aliphatic carbocycles. The molecule has 2 aromatic carbocycles. The van der Waals surface area contributed by atoms with Crippen molar-refractivity contribution >= 4 is 5.91 Å². The van der Waals surface area contributed by atoms with E-state index in [9.17, 15) is 4.79 Å². The van der Waals surface area contributed by atoms with Gasteiger partial charge in [0.1, 0.15) is 5.75 Å². The lowest BCUT2D eigenvalue weighted by molar-refractivity contribution is 0.00709. The zero-order valence-corrected chi connectivity index (χ0v) is 15.9. The second-order valence-electron chi connectivity index (χ2n) is 7.50. The largest absolute Gasteiger partial charge is 0.493 e. The van der Waals surface area contributed by atoms with Crippen molar-refractivity contribution in [2.45, 2.75) is 38.2 Å². The first-order valence-corrected chi connectivity index (χ1v) is 9.94. The van der Waals surface area contributed by atoms with Crippen molar-refractivity contribution in [3.8, 4) is 16.9 Å². The highest BCUT2D eigenvalue weighted by atomic mass is 16.5. The van der Waals surface area contributed by atoms with Crippen LogP contribution >= 0.6 is 0 Å². The Kier molecular flexibility index (Phi) is 5.44. The molecule has 4 nitrogen and oxygen atoms in total. The van der Waals surface area contributed by atoms with E-state index in [-0.39, 0.29) is 5.91 Å². The number of carbonyl (C=O) groups is 1. The van der Waals surface area contributed by atoms with Gasteiger partial charge in [0.25, 0.3) is 5.91 Å². The molecular weight excluding hydrogens is 338 g/mol. The predicted octanol–water partition coefficient (Wildman–Crippen LogP) is 4.32. The van der Waals surface area contributed by atoms with E-state index in [4.69, 9.17) is 9.47 Å². The van der Waals surface area contributed by atoms with Gasteiger partial charge in [0.05, 0.1) is 12.7 Å². The minimum absolute atomic E-state index is 0.0645. The van der Waals surface area contributed by atoms with Crippen LogP contribution in [0.15, 0.2) is 42.5 Å². The maximum absolute atomic E-state index is 12.7. The minimum atomic E-state index is 0.0645. The second kappa shape index (κ2) is 8.13. The number of amides is 1. The van der Waals surface area contributed by atoms with Crippen LogP contribution in [0.25, 0.3) is 11.1 Å². The summed E-state index contributed by atoms with van der Waals surface area (Å²) >= 11 is 0. The van der Waals surface area contributed by atoms with E-state index >= 15 is 0 Å². The van der Waals surface area contributed by atoms with Gasteiger partial charge in [0.2, 0.25) is 0 Å². The molecule has 2 aliphatic heterocycles. The smallest absolute Gasteiger partial charge is 0.253 e. The van der Waals surface area contributed by atoms with Crippen molar-refractivity contribution in [3.63, 3.8) is 0 Å². The van der Waals surface area contributed by atoms with Crippen LogP contribution in [0.3, 0.4) is 0 Å². The Bertz CT molecular complexity index is 794. The van der Waals surface area contributed by atoms with Crippen LogP contribution in [0.4, 0.5) is 0 Å². The van der Waals surface area contributed by atoms with Gasteiger partial charge in [-0.05, 0) is 60.6 Å². The molecule has 2 heterocycles. The zero-order valence-electron chi connectivity index (χ0n) is 15.9. The number of hydrogen-bond donors (Lipinski definition) is 0. The Hall–Kier alpha value is -2.33. The Balaban J connectivity index is 1.38. The molecule has 4 rings (SSSR count). The number of benzene rings is 2. The maximum Gasteiger partial charge on any atom is 0.253 e. The first-order chi connectivity index (χ1) is 13.2. The molecule has 1 fully saturated rings. The van der Waals surface area contributed by atoms with Crippen LogP contribution in [-0.4, -0.2) is 43.7 Å². The molecule has 1 amide bonds. The molecule has 4 heteroatoms. The molecule has 0 N–H and O–H groups in total. The Morgan fingerprint density at radius 3 is 2.67 bits per heavy atom. The lowest BCUT2D eigenvalue weighted by Crippen LogP contribution is -2.31. The third kappa shape index (κ3) is 4.16. The summed E-state index contributed by atoms with van der Waals surface area (Å²) in [7, 11) is 1.87. The summed E-state index contributed by atoms with van der Waals surface area (Å²) in [5, 5.41) is 0. The topological polar surface area (TPSA) is 38.8 Å². The van der Waals surface area contributed by atoms with Crippen molar-refractivity contribution in [2.75, 3.05) is 26.8 Å². The van der Waals surface area contributed by atoms with Crippen LogP contribution < -0.4 is 4.74 Å². The molecule has 142 valence electrons. The lowest BCUT2D eigenvalue weighted by atomic mass is 10.0. The molecular formula is C23H27NO3. The number of ether oxygens (including phenoxy) is 2. The molecule has 0 radical (unpaired) electrons. The van der Waals surface area contributed by atoms with E-state index in [0.717, 1.165) is 67.9 Å². The molecule has 0 saturated carbocycles. The summed E-state index contributed by atoms with van der Waals surface area (Å²) in [6.07, 6.45) is 5.71. The maximum atomic E-state index is 12.7. The molecule has 2 aliphatic rings. The van der Waals surface area contributed by atoms with Gasteiger partial charge >= 0.3 is 0 Å². The van der Waals surface area contributed by atoms with Crippen molar-refractivity contribution in [1.29, 1.82) is 0 Å². The van der Waals surface area contributed by atoms with Gasteiger partial charge in [0, 0.05) is 32.2 Å². The number of rotatable bonds is 5. The average Bonchev–Trinajstić information content (AvgIpc) is 3.20. The van der Waals surface area contributed by atoms with Crippen LogP contribution in [0.2, 0.25) is 0 Å². The first kappa shape index (κ1) is 18.1. The fourth-order valence-corrected chi connectivity index (χ4v) is 3.85. The van der Waals surface area contributed by atoms with E-state index in [0.29, 0.717) is 6.10 Å². The monoisotopic (exact) mass is 365 g/mol. The predicted molar refractivity (Wildman–Crippen MR) is 106 cm³/mol. The summed E-state index contributed by atoms with van der Waals surface area (Å²) in [4.78, 5) is 14.5. The SMILES string of the molecule is CN(CCC1CCCCO1)C(=O)c1ccc(-c2ccc3c(c2)OCC3)cc1. The van der Waals surface area contributed by atoms with Gasteiger partial charge in [-0.2, -0.15) is 0 Å². The third-order valence-corrected chi connectivity index (χ3v) is 5.57. The van der Waals surface area contributed by atoms with Crippen molar-refractivity contribution < 1.29 is 14.3 Å². The molecule has 0 aromatic heterocycles. The highest BCUT2D eigenvalue weighted by molar-refractivity contribution is 5.94. The summed E-state index contributed by atoms with van der Waals surface area (Å²) in [5.74, 6) is 1.05. The van der Waals surface area contributed by atoms with E-state index < -0.39 is 0 Å². The minimum Gasteiger partial charge on any atom is -0.493 e. The van der Waals surface area contributed by atoms with E-state index in [1.54, 1.807) is 4.90 Å². The summed E-state index contributed by atoms with van der Waals surface area (Å²) in [5.41, 5.74) is 4.22. The normalized spacial score (nSPS) is 18.6. The summed E-state index contributed by atoms with van der Waals surface area (Å²) < 4.78 is 11.4. The number of nitrogens with zero attached hydrogens (tertiary/aromatic N) is 1. The summed E-state index contributed by atoms with van der Waals surface area (Å²) in [6.45, 7) is 2.36. The van der Waals surface area contributed by atoms with Crippen molar-refractivity contribution in [2.24, 2.45) is 0 Å².